The van der Waals surface area contributed by atoms with Crippen molar-refractivity contribution in [2.45, 2.75) is 45.4 Å². The van der Waals surface area contributed by atoms with E-state index in [-0.39, 0.29) is 10.9 Å². The van der Waals surface area contributed by atoms with Crippen molar-refractivity contribution in [1.29, 1.82) is 0 Å². The summed E-state index contributed by atoms with van der Waals surface area (Å²) in [6.07, 6.45) is 1.75. The first kappa shape index (κ1) is 24.9. The Kier molecular flexibility index (Phi) is 8.16. The van der Waals surface area contributed by atoms with E-state index in [4.69, 9.17) is 4.74 Å². The molecular formula is C32H33O2P. The summed E-state index contributed by atoms with van der Waals surface area (Å²) in [6.45, 7) is 6.71. The van der Waals surface area contributed by atoms with E-state index in [0.29, 0.717) is 15.2 Å². The Hall–Kier alpha value is -3.22. The first-order valence-corrected chi connectivity index (χ1v) is 13.2. The average molecular weight is 481 g/mol. The lowest BCUT2D eigenvalue weighted by atomic mass is 9.92. The van der Waals surface area contributed by atoms with Gasteiger partial charge in [-0.2, -0.15) is 0 Å². The summed E-state index contributed by atoms with van der Waals surface area (Å²) in [7, 11) is 0.448. The molecule has 0 saturated carbocycles. The summed E-state index contributed by atoms with van der Waals surface area (Å²) in [5.41, 5.74) is 5.63. The molecule has 2 nitrogen and oxygen atoms in total. The highest BCUT2D eigenvalue weighted by molar-refractivity contribution is 7.48. The molecule has 0 aliphatic carbocycles. The molecule has 4 rings (SSSR count). The maximum atomic E-state index is 12.3. The summed E-state index contributed by atoms with van der Waals surface area (Å²) < 4.78 is 6.63. The molecule has 0 radical (unpaired) electrons. The Balaban J connectivity index is 1.76. The predicted molar refractivity (Wildman–Crippen MR) is 149 cm³/mol. The summed E-state index contributed by atoms with van der Waals surface area (Å²) in [5.74, 6) is 1.09. The molecule has 0 saturated heterocycles. The Morgan fingerprint density at radius 3 is 2.09 bits per heavy atom. The van der Waals surface area contributed by atoms with E-state index >= 15 is 0 Å². The van der Waals surface area contributed by atoms with E-state index in [1.165, 1.54) is 16.7 Å². The molecule has 2 unspecified atom stereocenters. The van der Waals surface area contributed by atoms with Gasteiger partial charge in [0.2, 0.25) is 0 Å². The van der Waals surface area contributed by atoms with E-state index in [1.54, 1.807) is 6.92 Å². The van der Waals surface area contributed by atoms with Gasteiger partial charge < -0.3 is 4.74 Å². The molecule has 0 aliphatic rings. The fourth-order valence-corrected chi connectivity index (χ4v) is 6.09. The van der Waals surface area contributed by atoms with Crippen LogP contribution < -0.4 is 10.0 Å². The number of Topliss-reactive ketones (excluding diaryl/α,β-unsaturated/α-hetero) is 1. The van der Waals surface area contributed by atoms with Crippen molar-refractivity contribution >= 4 is 19.7 Å². The van der Waals surface area contributed by atoms with E-state index in [9.17, 15) is 4.79 Å². The number of hydrogen-bond acceptors (Lipinski definition) is 2. The molecule has 4 aromatic rings. The molecule has 0 N–H and O–H groups in total. The molecule has 0 amide bonds. The van der Waals surface area contributed by atoms with Gasteiger partial charge in [-0.05, 0) is 35.3 Å². The predicted octanol–water partition coefficient (Wildman–Crippen LogP) is 7.69. The van der Waals surface area contributed by atoms with Crippen LogP contribution in [-0.2, 0) is 18.2 Å². The molecule has 0 fully saturated rings. The molecule has 2 atom stereocenters. The van der Waals surface area contributed by atoms with Gasteiger partial charge in [0.15, 0.2) is 5.78 Å². The Morgan fingerprint density at radius 1 is 0.800 bits per heavy atom. The number of para-hydroxylation sites is 1. The molecule has 4 aromatic carbocycles. The van der Waals surface area contributed by atoms with Gasteiger partial charge in [-0.3, -0.25) is 4.79 Å². The minimum Gasteiger partial charge on any atom is -0.488 e. The summed E-state index contributed by atoms with van der Waals surface area (Å²) >= 11 is 0. The lowest BCUT2D eigenvalue weighted by molar-refractivity contribution is 0.101. The highest BCUT2D eigenvalue weighted by Crippen LogP contribution is 2.49. The molecule has 178 valence electrons. The fourth-order valence-electron chi connectivity index (χ4n) is 4.42. The van der Waals surface area contributed by atoms with Crippen LogP contribution in [0.5, 0.6) is 5.75 Å². The second-order valence-electron chi connectivity index (χ2n) is 9.14. The van der Waals surface area contributed by atoms with E-state index < -0.39 is 0 Å². The van der Waals surface area contributed by atoms with Crippen LogP contribution in [0.4, 0.5) is 0 Å². The van der Waals surface area contributed by atoms with Crippen molar-refractivity contribution in [2.75, 3.05) is 0 Å². The number of benzene rings is 4. The minimum atomic E-state index is -0.162. The van der Waals surface area contributed by atoms with Crippen LogP contribution in [0.15, 0.2) is 103 Å². The lowest BCUT2D eigenvalue weighted by Crippen LogP contribution is -2.22. The van der Waals surface area contributed by atoms with Gasteiger partial charge in [0.05, 0.1) is 0 Å². The third-order valence-corrected chi connectivity index (χ3v) is 8.46. The second-order valence-corrected chi connectivity index (χ2v) is 11.0. The van der Waals surface area contributed by atoms with Gasteiger partial charge in [-0.1, -0.05) is 126 Å². The smallest absolute Gasteiger partial charge is 0.160 e. The maximum Gasteiger partial charge on any atom is 0.160 e. The molecule has 0 aromatic heterocycles. The van der Waals surface area contributed by atoms with Crippen LogP contribution in [0.25, 0.3) is 0 Å². The zero-order chi connectivity index (χ0) is 24.7. The van der Waals surface area contributed by atoms with Crippen molar-refractivity contribution in [1.82, 2.24) is 0 Å². The summed E-state index contributed by atoms with van der Waals surface area (Å²) in [6, 6.07) is 35.4. The van der Waals surface area contributed by atoms with Gasteiger partial charge in [0.1, 0.15) is 12.4 Å². The fraction of sp³-hybridized carbons (Fsp3) is 0.219. The standard InChI is InChI=1S/C32H33O2P/c1-4-32(3,35-30-21-12-11-19-28(30)24(2)33)29-20-13-18-27(22-25-14-7-5-8-15-25)31(29)34-23-26-16-9-6-10-17-26/h5-21,35H,4,22-23H2,1-3H3. The minimum absolute atomic E-state index is 0.116. The highest BCUT2D eigenvalue weighted by atomic mass is 31.1. The molecule has 0 bridgehead atoms. The number of rotatable bonds is 10. The second kappa shape index (κ2) is 11.5. The van der Waals surface area contributed by atoms with Crippen LogP contribution in [0.1, 0.15) is 59.8 Å². The first-order valence-electron chi connectivity index (χ1n) is 12.2. The topological polar surface area (TPSA) is 26.3 Å². The van der Waals surface area contributed by atoms with Crippen molar-refractivity contribution in [3.63, 3.8) is 0 Å². The Morgan fingerprint density at radius 2 is 1.43 bits per heavy atom. The monoisotopic (exact) mass is 480 g/mol. The zero-order valence-corrected chi connectivity index (χ0v) is 21.8. The van der Waals surface area contributed by atoms with Crippen LogP contribution in [0.3, 0.4) is 0 Å². The average Bonchev–Trinajstić information content (AvgIpc) is 2.89. The largest absolute Gasteiger partial charge is 0.488 e. The first-order chi connectivity index (χ1) is 17.0. The number of carbonyl (C=O) groups is 1. The lowest BCUT2D eigenvalue weighted by Gasteiger charge is -2.32. The highest BCUT2D eigenvalue weighted by Gasteiger charge is 2.31. The quantitative estimate of drug-likeness (QED) is 0.172. The molecule has 3 heteroatoms. The van der Waals surface area contributed by atoms with Gasteiger partial charge in [-0.25, -0.2) is 0 Å². The van der Waals surface area contributed by atoms with Crippen molar-refractivity contribution in [3.05, 3.63) is 131 Å². The number of carbonyl (C=O) groups excluding carboxylic acids is 1. The van der Waals surface area contributed by atoms with Crippen molar-refractivity contribution in [3.8, 4) is 5.75 Å². The van der Waals surface area contributed by atoms with Crippen LogP contribution >= 0.6 is 8.58 Å². The van der Waals surface area contributed by atoms with E-state index in [1.807, 2.05) is 36.4 Å². The van der Waals surface area contributed by atoms with Crippen molar-refractivity contribution < 1.29 is 9.53 Å². The van der Waals surface area contributed by atoms with Gasteiger partial charge in [-0.15, -0.1) is 0 Å². The summed E-state index contributed by atoms with van der Waals surface area (Å²) in [5, 5.41) is 0.955. The Labute approximate surface area is 211 Å². The van der Waals surface area contributed by atoms with Crippen LogP contribution in [0.2, 0.25) is 0 Å². The molecule has 0 aliphatic heterocycles. The SMILES string of the molecule is CCC(C)(Pc1ccccc1C(C)=O)c1cccc(Cc2ccccc2)c1OCc1ccccc1. The normalized spacial score (nSPS) is 13.0. The zero-order valence-electron chi connectivity index (χ0n) is 20.8. The third kappa shape index (κ3) is 6.08. The van der Waals surface area contributed by atoms with Crippen LogP contribution in [0, 0.1) is 0 Å². The number of hydrogen-bond donors (Lipinski definition) is 0. The maximum absolute atomic E-state index is 12.3. The van der Waals surface area contributed by atoms with E-state index in [2.05, 4.69) is 80.6 Å². The molecule has 0 heterocycles. The number of ether oxygens (including phenoxy) is 1. The molecule has 35 heavy (non-hydrogen) atoms. The van der Waals surface area contributed by atoms with E-state index in [0.717, 1.165) is 35.0 Å². The third-order valence-electron chi connectivity index (χ3n) is 6.58. The molecular weight excluding hydrogens is 447 g/mol. The summed E-state index contributed by atoms with van der Waals surface area (Å²) in [4.78, 5) is 12.3. The number of ketones is 1. The van der Waals surface area contributed by atoms with Gasteiger partial charge in [0, 0.05) is 22.7 Å². The van der Waals surface area contributed by atoms with Gasteiger partial charge >= 0.3 is 0 Å². The Bertz CT molecular complexity index is 1270. The van der Waals surface area contributed by atoms with Crippen molar-refractivity contribution in [2.24, 2.45) is 0 Å². The molecule has 0 spiro atoms. The van der Waals surface area contributed by atoms with Crippen LogP contribution in [-0.4, -0.2) is 5.78 Å². The van der Waals surface area contributed by atoms with Gasteiger partial charge in [0.25, 0.3) is 0 Å².